The molecule has 3 atom stereocenters. The smallest absolute Gasteiger partial charge is 0.145 e. The van der Waals surface area contributed by atoms with Gasteiger partial charge in [-0.1, -0.05) is 6.07 Å². The molecule has 0 aliphatic heterocycles. The summed E-state index contributed by atoms with van der Waals surface area (Å²) < 4.78 is 1.95. The quantitative estimate of drug-likeness (QED) is 0.652. The van der Waals surface area contributed by atoms with E-state index in [2.05, 4.69) is 15.0 Å². The molecule has 2 aliphatic rings. The molecule has 2 saturated carbocycles. The van der Waals surface area contributed by atoms with Crippen LogP contribution in [0.3, 0.4) is 0 Å². The maximum absolute atomic E-state index is 10.8. The Kier molecular flexibility index (Phi) is 3.70. The number of aromatic nitrogens is 4. The van der Waals surface area contributed by atoms with Crippen LogP contribution in [0, 0.1) is 11.3 Å². The average Bonchev–Trinajstić information content (AvgIpc) is 3.18. The van der Waals surface area contributed by atoms with Gasteiger partial charge in [0.05, 0.1) is 17.5 Å². The predicted octanol–water partition coefficient (Wildman–Crippen LogP) is 1.71. The summed E-state index contributed by atoms with van der Waals surface area (Å²) in [6.45, 7) is 0. The fraction of sp³-hybridized carbons (Fsp3) is 0.450. The zero-order valence-corrected chi connectivity index (χ0v) is 14.9. The Morgan fingerprint density at radius 1 is 1.11 bits per heavy atom. The van der Waals surface area contributed by atoms with Crippen LogP contribution in [0.5, 0.6) is 0 Å². The van der Waals surface area contributed by atoms with E-state index >= 15 is 0 Å². The average molecular weight is 365 g/mol. The number of pyridine rings is 1. The van der Waals surface area contributed by atoms with Crippen LogP contribution in [0.15, 0.2) is 43.0 Å². The highest BCUT2D eigenvalue weighted by Crippen LogP contribution is 2.59. The summed E-state index contributed by atoms with van der Waals surface area (Å²) >= 11 is 0. The minimum Gasteiger partial charge on any atom is -0.390 e. The molecule has 3 aromatic heterocycles. The van der Waals surface area contributed by atoms with Gasteiger partial charge in [-0.3, -0.25) is 4.98 Å². The van der Waals surface area contributed by atoms with E-state index in [1.807, 2.05) is 41.2 Å². The largest absolute Gasteiger partial charge is 0.390 e. The normalized spacial score (nSPS) is 32.8. The molecular formula is C20H23N5O2. The summed E-state index contributed by atoms with van der Waals surface area (Å²) in [5.74, 6) is 0.931. The first-order valence-electron chi connectivity index (χ1n) is 9.40. The zero-order chi connectivity index (χ0) is 18.6. The van der Waals surface area contributed by atoms with Crippen molar-refractivity contribution in [2.45, 2.75) is 43.9 Å². The highest BCUT2D eigenvalue weighted by atomic mass is 16.3. The molecule has 0 radical (unpaired) electrons. The van der Waals surface area contributed by atoms with E-state index in [4.69, 9.17) is 5.73 Å². The predicted molar refractivity (Wildman–Crippen MR) is 101 cm³/mol. The summed E-state index contributed by atoms with van der Waals surface area (Å²) in [6.07, 6.45) is 7.09. The summed E-state index contributed by atoms with van der Waals surface area (Å²) in [5, 5.41) is 22.4. The number of anilines is 1. The maximum atomic E-state index is 10.8. The number of aliphatic hydroxyl groups is 2. The number of aliphatic hydroxyl groups excluding tert-OH is 2. The molecule has 0 saturated heterocycles. The summed E-state index contributed by atoms with van der Waals surface area (Å²) in [7, 11) is 0. The first kappa shape index (κ1) is 16.6. The van der Waals surface area contributed by atoms with Gasteiger partial charge >= 0.3 is 0 Å². The Labute approximate surface area is 156 Å². The van der Waals surface area contributed by atoms with Crippen molar-refractivity contribution in [1.82, 2.24) is 19.5 Å². The van der Waals surface area contributed by atoms with E-state index in [1.54, 1.807) is 0 Å². The second-order valence-electron chi connectivity index (χ2n) is 8.09. The van der Waals surface area contributed by atoms with Gasteiger partial charge in [0.1, 0.15) is 23.9 Å². The Balaban J connectivity index is 1.36. The zero-order valence-electron chi connectivity index (χ0n) is 14.9. The van der Waals surface area contributed by atoms with Crippen LogP contribution in [-0.2, 0) is 6.42 Å². The van der Waals surface area contributed by atoms with Crippen molar-refractivity contribution in [2.24, 2.45) is 11.3 Å². The lowest BCUT2D eigenvalue weighted by molar-refractivity contribution is -0.0843. The third-order valence-corrected chi connectivity index (χ3v) is 6.47. The lowest BCUT2D eigenvalue weighted by atomic mass is 9.58. The molecule has 4 N–H and O–H groups in total. The third kappa shape index (κ3) is 2.53. The van der Waals surface area contributed by atoms with E-state index in [0.717, 1.165) is 36.8 Å². The lowest BCUT2D eigenvalue weighted by Crippen LogP contribution is -2.46. The van der Waals surface area contributed by atoms with Crippen LogP contribution in [0.4, 0.5) is 5.82 Å². The fourth-order valence-electron chi connectivity index (χ4n) is 5.21. The minimum absolute atomic E-state index is 0.206. The molecule has 0 amide bonds. The third-order valence-electron chi connectivity index (χ3n) is 6.47. The minimum atomic E-state index is -0.812. The standard InChI is InChI=1S/C20H23N5O2/c21-18-14-4-6-25(19(14)24-11-23-18)15-10-20(17(27)16(15)26)8-12(9-20)7-13-3-1-2-5-22-13/h1-6,11-12,15-17,26-27H,7-10H2,(H2,21,23,24)/t12-,15-,16+,17+,20+/m1/s1. The van der Waals surface area contributed by atoms with Crippen molar-refractivity contribution in [2.75, 3.05) is 5.73 Å². The molecule has 2 aliphatic carbocycles. The van der Waals surface area contributed by atoms with Gasteiger partial charge in [0.2, 0.25) is 0 Å². The van der Waals surface area contributed by atoms with E-state index in [1.165, 1.54) is 6.33 Å². The van der Waals surface area contributed by atoms with Crippen molar-refractivity contribution in [3.8, 4) is 0 Å². The van der Waals surface area contributed by atoms with Crippen molar-refractivity contribution in [3.05, 3.63) is 48.7 Å². The van der Waals surface area contributed by atoms with Gasteiger partial charge in [-0.05, 0) is 49.8 Å². The molecule has 5 rings (SSSR count). The molecule has 2 fully saturated rings. The van der Waals surface area contributed by atoms with Gasteiger partial charge in [0.15, 0.2) is 0 Å². The topological polar surface area (TPSA) is 110 Å². The maximum Gasteiger partial charge on any atom is 0.145 e. The second kappa shape index (κ2) is 6.00. The summed E-state index contributed by atoms with van der Waals surface area (Å²) in [5.41, 5.74) is 7.50. The molecule has 0 unspecified atom stereocenters. The molecule has 7 heteroatoms. The molecule has 3 aromatic rings. The van der Waals surface area contributed by atoms with Crippen LogP contribution in [0.25, 0.3) is 11.0 Å². The van der Waals surface area contributed by atoms with Gasteiger partial charge in [-0.2, -0.15) is 0 Å². The Hall–Kier alpha value is -2.51. The SMILES string of the molecule is Nc1ncnc2c1ccn2[C@@H]1C[C@]2(C[C@H](Cc3ccccn3)C2)[C@@H](O)[C@H]1O. The number of nitrogens with two attached hydrogens (primary N) is 1. The number of hydrogen-bond donors (Lipinski definition) is 3. The second-order valence-corrected chi connectivity index (χ2v) is 8.09. The number of nitrogen functional groups attached to an aromatic ring is 1. The highest BCUT2D eigenvalue weighted by molar-refractivity contribution is 5.86. The van der Waals surface area contributed by atoms with E-state index < -0.39 is 12.2 Å². The summed E-state index contributed by atoms with van der Waals surface area (Å²) in [6, 6.07) is 7.64. The van der Waals surface area contributed by atoms with Gasteiger partial charge < -0.3 is 20.5 Å². The Bertz CT molecular complexity index is 967. The Morgan fingerprint density at radius 3 is 2.74 bits per heavy atom. The molecule has 0 aromatic carbocycles. The van der Waals surface area contributed by atoms with Gasteiger partial charge in [0.25, 0.3) is 0 Å². The molecular weight excluding hydrogens is 342 g/mol. The molecule has 0 bridgehead atoms. The number of nitrogens with zero attached hydrogens (tertiary/aromatic N) is 4. The number of rotatable bonds is 3. The van der Waals surface area contributed by atoms with Crippen molar-refractivity contribution in [3.63, 3.8) is 0 Å². The molecule has 140 valence electrons. The van der Waals surface area contributed by atoms with Crippen LogP contribution in [0.1, 0.15) is 31.0 Å². The van der Waals surface area contributed by atoms with Crippen LogP contribution < -0.4 is 5.73 Å². The monoisotopic (exact) mass is 365 g/mol. The summed E-state index contributed by atoms with van der Waals surface area (Å²) in [4.78, 5) is 12.8. The molecule has 3 heterocycles. The first-order valence-corrected chi connectivity index (χ1v) is 9.40. The van der Waals surface area contributed by atoms with E-state index in [9.17, 15) is 10.2 Å². The van der Waals surface area contributed by atoms with Crippen molar-refractivity contribution >= 4 is 16.9 Å². The highest BCUT2D eigenvalue weighted by Gasteiger charge is 2.59. The van der Waals surface area contributed by atoms with Crippen LogP contribution in [-0.4, -0.2) is 41.9 Å². The molecule has 1 spiro atoms. The van der Waals surface area contributed by atoms with Gasteiger partial charge in [-0.25, -0.2) is 9.97 Å². The lowest BCUT2D eigenvalue weighted by Gasteiger charge is -2.47. The van der Waals surface area contributed by atoms with Crippen LogP contribution in [0.2, 0.25) is 0 Å². The first-order chi connectivity index (χ1) is 13.1. The van der Waals surface area contributed by atoms with E-state index in [-0.39, 0.29) is 11.5 Å². The molecule has 7 nitrogen and oxygen atoms in total. The fourth-order valence-corrected chi connectivity index (χ4v) is 5.21. The Morgan fingerprint density at radius 2 is 1.96 bits per heavy atom. The van der Waals surface area contributed by atoms with Gasteiger partial charge in [-0.15, -0.1) is 0 Å². The number of hydrogen-bond acceptors (Lipinski definition) is 6. The van der Waals surface area contributed by atoms with Crippen molar-refractivity contribution < 1.29 is 10.2 Å². The van der Waals surface area contributed by atoms with Gasteiger partial charge in [0, 0.05) is 23.5 Å². The number of fused-ring (bicyclic) bond motifs is 1. The van der Waals surface area contributed by atoms with Crippen LogP contribution >= 0.6 is 0 Å². The van der Waals surface area contributed by atoms with E-state index in [0.29, 0.717) is 17.4 Å². The van der Waals surface area contributed by atoms with Crippen molar-refractivity contribution in [1.29, 1.82) is 0 Å². The molecule has 27 heavy (non-hydrogen) atoms.